The Morgan fingerprint density at radius 3 is 1.69 bits per heavy atom. The van der Waals surface area contributed by atoms with Gasteiger partial charge in [0.25, 0.3) is 0 Å². The van der Waals surface area contributed by atoms with Gasteiger partial charge in [-0.05, 0) is 64.2 Å². The van der Waals surface area contributed by atoms with Crippen molar-refractivity contribution in [2.45, 2.75) is 83.6 Å². The summed E-state index contributed by atoms with van der Waals surface area (Å²) in [4.78, 5) is 47.0. The van der Waals surface area contributed by atoms with Crippen LogP contribution in [-0.4, -0.2) is 50.6 Å². The molecule has 0 spiro atoms. The predicted molar refractivity (Wildman–Crippen MR) is 169 cm³/mol. The fourth-order valence-electron chi connectivity index (χ4n) is 3.47. The van der Waals surface area contributed by atoms with Gasteiger partial charge in [-0.25, -0.2) is 9.59 Å². The fraction of sp³-hybridized carbons (Fsp3) is 0.471. The quantitative estimate of drug-likeness (QED) is 0.0648. The highest BCUT2D eigenvalue weighted by Gasteiger charge is 2.20. The summed E-state index contributed by atoms with van der Waals surface area (Å²) in [6.07, 6.45) is 35.9. The van der Waals surface area contributed by atoms with Gasteiger partial charge < -0.3 is 20.1 Å². The summed E-state index contributed by atoms with van der Waals surface area (Å²) in [5, 5.41) is 5.37. The zero-order valence-corrected chi connectivity index (χ0v) is 25.6. The highest BCUT2D eigenvalue weighted by atomic mass is 16.5. The van der Waals surface area contributed by atoms with Crippen LogP contribution in [0.4, 0.5) is 0 Å². The highest BCUT2D eigenvalue weighted by Crippen LogP contribution is 2.05. The van der Waals surface area contributed by atoms with E-state index >= 15 is 0 Å². The smallest absolute Gasteiger partial charge is 0.330 e. The molecule has 0 saturated heterocycles. The van der Waals surface area contributed by atoms with Crippen molar-refractivity contribution in [3.8, 4) is 0 Å². The van der Waals surface area contributed by atoms with Crippen LogP contribution in [0.1, 0.15) is 77.6 Å². The number of carbonyl (C=O) groups is 4. The van der Waals surface area contributed by atoms with Gasteiger partial charge in [0.1, 0.15) is 6.04 Å². The van der Waals surface area contributed by atoms with Crippen LogP contribution in [0.25, 0.3) is 0 Å². The average molecular weight is 583 g/mol. The number of allylic oxidation sites excluding steroid dienone is 12. The molecule has 0 bridgehead atoms. The monoisotopic (exact) mass is 582 g/mol. The minimum absolute atomic E-state index is 0.217. The maximum Gasteiger partial charge on any atom is 0.330 e. The maximum atomic E-state index is 12.3. The van der Waals surface area contributed by atoms with E-state index in [2.05, 4.69) is 83.1 Å². The van der Waals surface area contributed by atoms with E-state index in [4.69, 9.17) is 4.74 Å². The molecule has 0 aromatic carbocycles. The zero-order valence-electron chi connectivity index (χ0n) is 25.6. The first-order valence-electron chi connectivity index (χ1n) is 14.8. The lowest BCUT2D eigenvalue weighted by atomic mass is 10.1. The van der Waals surface area contributed by atoms with E-state index in [0.29, 0.717) is 32.2 Å². The van der Waals surface area contributed by atoms with Gasteiger partial charge in [0, 0.05) is 25.1 Å². The Kier molecular flexibility index (Phi) is 25.9. The summed E-state index contributed by atoms with van der Waals surface area (Å²) in [6.45, 7) is 2.51. The molecule has 0 aliphatic heterocycles. The standard InChI is InChI=1S/C34H50N2O6/c1-4-5-6-7-8-9-10-11-12-13-14-15-16-17-18-19-20-21-22-26-32(38)36-30(34(40)42-3)25-23-24-29-35-31(37)27-28-33(39)41-2/h5-6,8-9,11-12,14-15,17-18,20-21,27-28,30H,4,7,10,13,16,19,22-26,29H2,1-3H3,(H,35,37)(H,36,38)/b6-5-,9-8-,12-11-,15-14-,18-17-,21-20-,28-27+/t30-/m0/s1. The highest BCUT2D eigenvalue weighted by molar-refractivity contribution is 5.94. The molecule has 8 nitrogen and oxygen atoms in total. The fourth-order valence-corrected chi connectivity index (χ4v) is 3.47. The number of carbonyl (C=O) groups excluding carboxylic acids is 4. The van der Waals surface area contributed by atoms with Crippen molar-refractivity contribution in [3.63, 3.8) is 0 Å². The van der Waals surface area contributed by atoms with Crippen LogP contribution in [0.5, 0.6) is 0 Å². The second kappa shape index (κ2) is 28.6. The maximum absolute atomic E-state index is 12.3. The molecule has 0 aromatic rings. The summed E-state index contributed by atoms with van der Waals surface area (Å²) in [7, 11) is 2.51. The Morgan fingerprint density at radius 2 is 1.19 bits per heavy atom. The van der Waals surface area contributed by atoms with Crippen LogP contribution in [0, 0.1) is 0 Å². The van der Waals surface area contributed by atoms with Crippen LogP contribution in [-0.2, 0) is 28.7 Å². The second-order valence-corrected chi connectivity index (χ2v) is 9.24. The van der Waals surface area contributed by atoms with Gasteiger partial charge >= 0.3 is 11.9 Å². The summed E-state index contributed by atoms with van der Waals surface area (Å²) in [6, 6.07) is -0.734. The minimum Gasteiger partial charge on any atom is -0.467 e. The molecule has 0 aromatic heterocycles. The molecule has 0 aliphatic rings. The van der Waals surface area contributed by atoms with Gasteiger partial charge in [-0.3, -0.25) is 9.59 Å². The SMILES string of the molecule is CC/C=C\C/C=C\C/C=C\C/C=C\C/C=C\C/C=C\CCC(=O)N[C@@H](CCCCNC(=O)/C=C/C(=O)OC)C(=O)OC. The third kappa shape index (κ3) is 25.1. The largest absolute Gasteiger partial charge is 0.467 e. The minimum atomic E-state index is -0.734. The average Bonchev–Trinajstić information content (AvgIpc) is 2.99. The molecule has 42 heavy (non-hydrogen) atoms. The van der Waals surface area contributed by atoms with E-state index in [1.165, 1.54) is 14.2 Å². The molecule has 8 heteroatoms. The molecule has 0 radical (unpaired) electrons. The number of ether oxygens (including phenoxy) is 2. The molecule has 0 saturated carbocycles. The number of methoxy groups -OCH3 is 2. The first-order valence-corrected chi connectivity index (χ1v) is 14.8. The lowest BCUT2D eigenvalue weighted by Gasteiger charge is -2.16. The Balaban J connectivity index is 4.06. The molecule has 0 rings (SSSR count). The molecule has 0 unspecified atom stereocenters. The molecular formula is C34H50N2O6. The van der Waals surface area contributed by atoms with Gasteiger partial charge in [0.05, 0.1) is 14.2 Å². The summed E-state index contributed by atoms with van der Waals surface area (Å²) < 4.78 is 9.23. The molecule has 0 fully saturated rings. The zero-order chi connectivity index (χ0) is 31.1. The van der Waals surface area contributed by atoms with Crippen molar-refractivity contribution < 1.29 is 28.7 Å². The van der Waals surface area contributed by atoms with Gasteiger partial charge in [-0.2, -0.15) is 0 Å². The van der Waals surface area contributed by atoms with Crippen LogP contribution in [0.2, 0.25) is 0 Å². The third-order valence-corrected chi connectivity index (χ3v) is 5.75. The number of hydrogen-bond acceptors (Lipinski definition) is 6. The Hall–Kier alpha value is -3.94. The molecule has 0 aliphatic carbocycles. The normalized spacial score (nSPS) is 12.9. The number of esters is 2. The lowest BCUT2D eigenvalue weighted by Crippen LogP contribution is -2.41. The van der Waals surface area contributed by atoms with Crippen LogP contribution in [0.15, 0.2) is 85.1 Å². The van der Waals surface area contributed by atoms with E-state index < -0.39 is 23.9 Å². The van der Waals surface area contributed by atoms with Crippen molar-refractivity contribution in [1.82, 2.24) is 10.6 Å². The second-order valence-electron chi connectivity index (χ2n) is 9.24. The van der Waals surface area contributed by atoms with Gasteiger partial charge in [-0.1, -0.05) is 79.8 Å². The lowest BCUT2D eigenvalue weighted by molar-refractivity contribution is -0.145. The van der Waals surface area contributed by atoms with E-state index in [0.717, 1.165) is 50.7 Å². The molecular weight excluding hydrogens is 532 g/mol. The Morgan fingerprint density at radius 1 is 0.667 bits per heavy atom. The van der Waals surface area contributed by atoms with Crippen LogP contribution < -0.4 is 10.6 Å². The van der Waals surface area contributed by atoms with Gasteiger partial charge in [0.15, 0.2) is 0 Å². The molecule has 2 N–H and O–H groups in total. The molecule has 1 atom stereocenters. The summed E-state index contributed by atoms with van der Waals surface area (Å²) in [5.74, 6) is -1.73. The number of hydrogen-bond donors (Lipinski definition) is 2. The van der Waals surface area contributed by atoms with Crippen molar-refractivity contribution in [2.24, 2.45) is 0 Å². The van der Waals surface area contributed by atoms with Gasteiger partial charge in [0.2, 0.25) is 11.8 Å². The van der Waals surface area contributed by atoms with E-state index in [9.17, 15) is 19.2 Å². The molecule has 2 amide bonds. The Labute approximate surface area is 252 Å². The van der Waals surface area contributed by atoms with E-state index in [-0.39, 0.29) is 12.3 Å². The number of rotatable bonds is 23. The molecule has 0 heterocycles. The van der Waals surface area contributed by atoms with E-state index in [1.54, 1.807) is 0 Å². The van der Waals surface area contributed by atoms with E-state index in [1.807, 2.05) is 12.2 Å². The van der Waals surface area contributed by atoms with Crippen molar-refractivity contribution >= 4 is 23.8 Å². The van der Waals surface area contributed by atoms with Crippen LogP contribution >= 0.6 is 0 Å². The first-order chi connectivity index (χ1) is 20.4. The third-order valence-electron chi connectivity index (χ3n) is 5.75. The topological polar surface area (TPSA) is 111 Å². The number of amides is 2. The first kappa shape index (κ1) is 38.1. The van der Waals surface area contributed by atoms with Gasteiger partial charge in [-0.15, -0.1) is 0 Å². The predicted octanol–water partition coefficient (Wildman–Crippen LogP) is 6.14. The number of unbranched alkanes of at least 4 members (excludes halogenated alkanes) is 1. The van der Waals surface area contributed by atoms with Crippen LogP contribution in [0.3, 0.4) is 0 Å². The number of nitrogens with one attached hydrogen (secondary N) is 2. The van der Waals surface area contributed by atoms with Crippen molar-refractivity contribution in [3.05, 3.63) is 85.1 Å². The summed E-state index contributed by atoms with van der Waals surface area (Å²) >= 11 is 0. The molecule has 232 valence electrons. The summed E-state index contributed by atoms with van der Waals surface area (Å²) in [5.41, 5.74) is 0. The Bertz CT molecular complexity index is 973. The van der Waals surface area contributed by atoms with Crippen molar-refractivity contribution in [2.75, 3.05) is 20.8 Å². The van der Waals surface area contributed by atoms with Crippen molar-refractivity contribution in [1.29, 1.82) is 0 Å².